The van der Waals surface area contributed by atoms with Crippen LogP contribution in [0.5, 0.6) is 5.75 Å². The van der Waals surface area contributed by atoms with Crippen molar-refractivity contribution in [3.8, 4) is 5.75 Å². The molecule has 1 saturated heterocycles. The third-order valence-electron chi connectivity index (χ3n) is 4.41. The summed E-state index contributed by atoms with van der Waals surface area (Å²) in [6, 6.07) is 10.0. The number of carbonyl (C=O) groups is 1. The standard InChI is InChI=1S/C20H23F2N3O3/c1-2-9-23-19(26)15-5-8-18(24-12-15)25-10-11-27-17(13-25)14-3-6-16(7-4-14)28-20(21)22/h3-8,12,17,20H,2,9-11,13H2,1H3,(H,23,26). The number of carbonyl (C=O) groups excluding carboxylic acids is 1. The zero-order valence-corrected chi connectivity index (χ0v) is 15.6. The Balaban J connectivity index is 1.63. The van der Waals surface area contributed by atoms with E-state index in [9.17, 15) is 13.6 Å². The van der Waals surface area contributed by atoms with Gasteiger partial charge in [0, 0.05) is 25.8 Å². The fourth-order valence-corrected chi connectivity index (χ4v) is 2.97. The number of halogens is 2. The van der Waals surface area contributed by atoms with E-state index in [1.807, 2.05) is 13.0 Å². The molecule has 8 heteroatoms. The van der Waals surface area contributed by atoms with Crippen LogP contribution in [-0.2, 0) is 4.74 Å². The number of anilines is 1. The first-order valence-corrected chi connectivity index (χ1v) is 9.22. The van der Waals surface area contributed by atoms with Crippen molar-refractivity contribution in [2.24, 2.45) is 0 Å². The van der Waals surface area contributed by atoms with E-state index in [0.717, 1.165) is 17.8 Å². The molecule has 1 amide bonds. The molecule has 1 atom stereocenters. The lowest BCUT2D eigenvalue weighted by Gasteiger charge is -2.34. The first-order valence-electron chi connectivity index (χ1n) is 9.22. The number of rotatable bonds is 7. The van der Waals surface area contributed by atoms with Crippen molar-refractivity contribution in [2.45, 2.75) is 26.1 Å². The molecule has 2 aromatic rings. The van der Waals surface area contributed by atoms with Crippen LogP contribution in [0.15, 0.2) is 42.6 Å². The molecule has 3 rings (SSSR count). The highest BCUT2D eigenvalue weighted by Gasteiger charge is 2.23. The Morgan fingerprint density at radius 3 is 2.75 bits per heavy atom. The van der Waals surface area contributed by atoms with Gasteiger partial charge < -0.3 is 19.7 Å². The molecule has 0 saturated carbocycles. The lowest BCUT2D eigenvalue weighted by atomic mass is 10.1. The molecule has 1 aliphatic rings. The second-order valence-corrected chi connectivity index (χ2v) is 6.41. The highest BCUT2D eigenvalue weighted by atomic mass is 19.3. The minimum atomic E-state index is -2.84. The number of hydrogen-bond acceptors (Lipinski definition) is 5. The third-order valence-corrected chi connectivity index (χ3v) is 4.41. The summed E-state index contributed by atoms with van der Waals surface area (Å²) in [5.41, 5.74) is 1.40. The molecule has 1 N–H and O–H groups in total. The highest BCUT2D eigenvalue weighted by Crippen LogP contribution is 2.27. The van der Waals surface area contributed by atoms with Crippen LogP contribution in [0.25, 0.3) is 0 Å². The summed E-state index contributed by atoms with van der Waals surface area (Å²) in [5.74, 6) is 0.745. The van der Waals surface area contributed by atoms with Crippen molar-refractivity contribution in [3.05, 3.63) is 53.7 Å². The maximum atomic E-state index is 12.3. The zero-order chi connectivity index (χ0) is 19.9. The molecule has 0 aliphatic carbocycles. The number of ether oxygens (including phenoxy) is 2. The molecule has 0 bridgehead atoms. The predicted molar refractivity (Wildman–Crippen MR) is 101 cm³/mol. The van der Waals surface area contributed by atoms with Gasteiger partial charge in [0.1, 0.15) is 17.7 Å². The van der Waals surface area contributed by atoms with E-state index in [2.05, 4.69) is 19.9 Å². The lowest BCUT2D eigenvalue weighted by Crippen LogP contribution is -2.38. The van der Waals surface area contributed by atoms with Gasteiger partial charge in [0.15, 0.2) is 0 Å². The molecule has 6 nitrogen and oxygen atoms in total. The number of morpholine rings is 1. The smallest absolute Gasteiger partial charge is 0.387 e. The van der Waals surface area contributed by atoms with Crippen LogP contribution in [0, 0.1) is 0 Å². The van der Waals surface area contributed by atoms with Gasteiger partial charge in [-0.3, -0.25) is 4.79 Å². The van der Waals surface area contributed by atoms with Crippen molar-refractivity contribution >= 4 is 11.7 Å². The molecule has 1 fully saturated rings. The Labute approximate surface area is 162 Å². The summed E-state index contributed by atoms with van der Waals surface area (Å²) < 4.78 is 34.7. The summed E-state index contributed by atoms with van der Waals surface area (Å²) in [5, 5.41) is 2.82. The van der Waals surface area contributed by atoms with Crippen molar-refractivity contribution in [1.29, 1.82) is 0 Å². The fraction of sp³-hybridized carbons (Fsp3) is 0.400. The number of hydrogen-bond donors (Lipinski definition) is 1. The average molecular weight is 391 g/mol. The van der Waals surface area contributed by atoms with Crippen LogP contribution >= 0.6 is 0 Å². The average Bonchev–Trinajstić information content (AvgIpc) is 2.72. The van der Waals surface area contributed by atoms with E-state index in [1.54, 1.807) is 24.4 Å². The molecule has 0 radical (unpaired) electrons. The summed E-state index contributed by atoms with van der Waals surface area (Å²) in [7, 11) is 0. The minimum Gasteiger partial charge on any atom is -0.435 e. The number of nitrogens with zero attached hydrogens (tertiary/aromatic N) is 2. The lowest BCUT2D eigenvalue weighted by molar-refractivity contribution is -0.0498. The topological polar surface area (TPSA) is 63.7 Å². The molecule has 0 spiro atoms. The number of pyridine rings is 1. The highest BCUT2D eigenvalue weighted by molar-refractivity contribution is 5.94. The van der Waals surface area contributed by atoms with Gasteiger partial charge in [-0.2, -0.15) is 8.78 Å². The Morgan fingerprint density at radius 2 is 2.11 bits per heavy atom. The fourth-order valence-electron chi connectivity index (χ4n) is 2.97. The molecule has 1 aromatic carbocycles. The Kier molecular flexibility index (Phi) is 6.76. The number of alkyl halides is 2. The van der Waals surface area contributed by atoms with Crippen LogP contribution < -0.4 is 15.0 Å². The summed E-state index contributed by atoms with van der Waals surface area (Å²) in [6.07, 6.45) is 2.24. The van der Waals surface area contributed by atoms with E-state index in [-0.39, 0.29) is 17.8 Å². The van der Waals surface area contributed by atoms with Crippen LogP contribution in [0.3, 0.4) is 0 Å². The molecule has 2 heterocycles. The van der Waals surface area contributed by atoms with Crippen LogP contribution in [0.4, 0.5) is 14.6 Å². The maximum Gasteiger partial charge on any atom is 0.387 e. The van der Waals surface area contributed by atoms with E-state index < -0.39 is 6.61 Å². The van der Waals surface area contributed by atoms with Gasteiger partial charge in [-0.15, -0.1) is 0 Å². The van der Waals surface area contributed by atoms with Gasteiger partial charge in [-0.05, 0) is 36.2 Å². The van der Waals surface area contributed by atoms with Gasteiger partial charge in [0.05, 0.1) is 12.2 Å². The van der Waals surface area contributed by atoms with Gasteiger partial charge in [-0.25, -0.2) is 4.98 Å². The quantitative estimate of drug-likeness (QED) is 0.784. The maximum absolute atomic E-state index is 12.3. The Hall–Kier alpha value is -2.74. The van der Waals surface area contributed by atoms with E-state index >= 15 is 0 Å². The van der Waals surface area contributed by atoms with Crippen molar-refractivity contribution < 1.29 is 23.0 Å². The molecule has 28 heavy (non-hydrogen) atoms. The van der Waals surface area contributed by atoms with Crippen molar-refractivity contribution in [1.82, 2.24) is 10.3 Å². The molecular weight excluding hydrogens is 368 g/mol. The van der Waals surface area contributed by atoms with Crippen LogP contribution in [-0.4, -0.2) is 43.7 Å². The molecule has 1 aromatic heterocycles. The van der Waals surface area contributed by atoms with Crippen molar-refractivity contribution in [2.75, 3.05) is 31.1 Å². The van der Waals surface area contributed by atoms with Crippen molar-refractivity contribution in [3.63, 3.8) is 0 Å². The molecule has 1 unspecified atom stereocenters. The van der Waals surface area contributed by atoms with Gasteiger partial charge in [0.2, 0.25) is 0 Å². The van der Waals surface area contributed by atoms with Gasteiger partial charge >= 0.3 is 6.61 Å². The summed E-state index contributed by atoms with van der Waals surface area (Å²) in [4.78, 5) is 18.5. The number of aromatic nitrogens is 1. The summed E-state index contributed by atoms with van der Waals surface area (Å²) >= 11 is 0. The number of benzene rings is 1. The second kappa shape index (κ2) is 9.45. The molecule has 1 aliphatic heterocycles. The van der Waals surface area contributed by atoms with E-state index in [4.69, 9.17) is 4.74 Å². The van der Waals surface area contributed by atoms with Gasteiger partial charge in [-0.1, -0.05) is 19.1 Å². The number of amides is 1. The van der Waals surface area contributed by atoms with E-state index in [1.165, 1.54) is 12.1 Å². The molecular formula is C20H23F2N3O3. The second-order valence-electron chi connectivity index (χ2n) is 6.41. The van der Waals surface area contributed by atoms with Crippen LogP contribution in [0.2, 0.25) is 0 Å². The summed E-state index contributed by atoms with van der Waals surface area (Å²) in [6.45, 7) is 1.55. The van der Waals surface area contributed by atoms with Crippen LogP contribution in [0.1, 0.15) is 35.4 Å². The Morgan fingerprint density at radius 1 is 1.32 bits per heavy atom. The minimum absolute atomic E-state index is 0.116. The molecule has 150 valence electrons. The normalized spacial score (nSPS) is 16.9. The largest absolute Gasteiger partial charge is 0.435 e. The SMILES string of the molecule is CCCNC(=O)c1ccc(N2CCOC(c3ccc(OC(F)F)cc3)C2)nc1. The van der Waals surface area contributed by atoms with E-state index in [0.29, 0.717) is 31.8 Å². The van der Waals surface area contributed by atoms with Gasteiger partial charge in [0.25, 0.3) is 5.91 Å². The first-order chi connectivity index (χ1) is 13.6. The monoisotopic (exact) mass is 391 g/mol. The first kappa shape index (κ1) is 20.0. The Bertz CT molecular complexity index is 769. The third kappa shape index (κ3) is 5.16. The zero-order valence-electron chi connectivity index (χ0n) is 15.6. The predicted octanol–water partition coefficient (Wildman–Crippen LogP) is 3.40. The number of nitrogens with one attached hydrogen (secondary N) is 1.